The van der Waals surface area contributed by atoms with Crippen molar-refractivity contribution in [2.24, 2.45) is 17.8 Å². The average molecular weight is 399 g/mol. The van der Waals surface area contributed by atoms with Crippen molar-refractivity contribution in [2.45, 2.75) is 55.8 Å². The first kappa shape index (κ1) is 16.1. The Morgan fingerprint density at radius 3 is 2.22 bits per heavy atom. The summed E-state index contributed by atoms with van der Waals surface area (Å²) >= 11 is 3.55. The highest BCUT2D eigenvalue weighted by atomic mass is 79.9. The molecule has 5 rings (SSSR count). The topological polar surface area (TPSA) is 43.4 Å². The lowest BCUT2D eigenvalue weighted by Crippen LogP contribution is -2.49. The van der Waals surface area contributed by atoms with Crippen LogP contribution < -0.4 is 0 Å². The third-order valence-electron chi connectivity index (χ3n) is 6.09. The minimum atomic E-state index is -3.67. The quantitative estimate of drug-likeness (QED) is 0.693. The van der Waals surface area contributed by atoms with Crippen LogP contribution >= 0.6 is 15.9 Å². The molecule has 0 aliphatic heterocycles. The molecule has 0 unspecified atom stereocenters. The van der Waals surface area contributed by atoms with Gasteiger partial charge in [0.1, 0.15) is 0 Å². The predicted octanol–water partition coefficient (Wildman–Crippen LogP) is 4.64. The SMILES string of the molecule is CCOS(=O)(=O)c1ccc(Br)cc1C12CC3CC(CC(C3)C1)C2. The summed E-state index contributed by atoms with van der Waals surface area (Å²) in [6, 6.07) is 5.58. The van der Waals surface area contributed by atoms with E-state index in [1.165, 1.54) is 19.3 Å². The van der Waals surface area contributed by atoms with Crippen molar-refractivity contribution >= 4 is 26.0 Å². The smallest absolute Gasteiger partial charge is 0.267 e. The van der Waals surface area contributed by atoms with Crippen molar-refractivity contribution in [1.82, 2.24) is 0 Å². The molecule has 126 valence electrons. The molecule has 0 radical (unpaired) electrons. The number of benzene rings is 1. The van der Waals surface area contributed by atoms with Crippen LogP contribution in [0.15, 0.2) is 27.6 Å². The van der Waals surface area contributed by atoms with E-state index in [0.29, 0.717) is 4.90 Å². The fourth-order valence-electron chi connectivity index (χ4n) is 5.79. The van der Waals surface area contributed by atoms with Gasteiger partial charge in [-0.05, 0) is 92.4 Å². The highest BCUT2D eigenvalue weighted by Gasteiger charge is 2.52. The van der Waals surface area contributed by atoms with E-state index in [1.807, 2.05) is 12.1 Å². The molecule has 4 fully saturated rings. The highest BCUT2D eigenvalue weighted by Crippen LogP contribution is 2.61. The summed E-state index contributed by atoms with van der Waals surface area (Å²) < 4.78 is 31.3. The van der Waals surface area contributed by atoms with E-state index in [4.69, 9.17) is 4.18 Å². The summed E-state index contributed by atoms with van der Waals surface area (Å²) in [6.07, 6.45) is 7.47. The molecule has 1 aromatic carbocycles. The van der Waals surface area contributed by atoms with Crippen LogP contribution in [0.3, 0.4) is 0 Å². The first-order chi connectivity index (χ1) is 10.9. The van der Waals surface area contributed by atoms with Crippen LogP contribution in [-0.4, -0.2) is 15.0 Å². The predicted molar refractivity (Wildman–Crippen MR) is 92.8 cm³/mol. The molecular formula is C18H23BrO3S. The Hall–Kier alpha value is -0.390. The van der Waals surface area contributed by atoms with E-state index in [2.05, 4.69) is 15.9 Å². The van der Waals surface area contributed by atoms with Gasteiger partial charge in [0.25, 0.3) is 10.1 Å². The second kappa shape index (κ2) is 5.57. The Morgan fingerprint density at radius 1 is 1.13 bits per heavy atom. The molecule has 3 nitrogen and oxygen atoms in total. The van der Waals surface area contributed by atoms with Gasteiger partial charge in [0.05, 0.1) is 11.5 Å². The van der Waals surface area contributed by atoms with Gasteiger partial charge < -0.3 is 0 Å². The van der Waals surface area contributed by atoms with E-state index >= 15 is 0 Å². The molecule has 4 bridgehead atoms. The van der Waals surface area contributed by atoms with E-state index < -0.39 is 10.1 Å². The maximum atomic E-state index is 12.6. The van der Waals surface area contributed by atoms with Gasteiger partial charge in [-0.1, -0.05) is 15.9 Å². The number of rotatable bonds is 4. The monoisotopic (exact) mass is 398 g/mol. The Balaban J connectivity index is 1.84. The lowest BCUT2D eigenvalue weighted by atomic mass is 9.48. The maximum Gasteiger partial charge on any atom is 0.297 e. The molecule has 1 aromatic rings. The average Bonchev–Trinajstić information content (AvgIpc) is 2.45. The maximum absolute atomic E-state index is 12.6. The lowest BCUT2D eigenvalue weighted by Gasteiger charge is -2.57. The Bertz CT molecular complexity index is 690. The number of halogens is 1. The molecule has 4 aliphatic carbocycles. The van der Waals surface area contributed by atoms with Gasteiger partial charge in [-0.25, -0.2) is 0 Å². The highest BCUT2D eigenvalue weighted by molar-refractivity contribution is 9.10. The van der Waals surface area contributed by atoms with Crippen molar-refractivity contribution < 1.29 is 12.6 Å². The van der Waals surface area contributed by atoms with Crippen LogP contribution in [0.25, 0.3) is 0 Å². The molecular weight excluding hydrogens is 376 g/mol. The Kier molecular flexibility index (Phi) is 3.90. The molecule has 5 heteroatoms. The summed E-state index contributed by atoms with van der Waals surface area (Å²) in [5, 5.41) is 0. The first-order valence-electron chi connectivity index (χ1n) is 8.61. The summed E-state index contributed by atoms with van der Waals surface area (Å²) in [5.41, 5.74) is 1.04. The van der Waals surface area contributed by atoms with Crippen LogP contribution in [0.2, 0.25) is 0 Å². The Labute approximate surface area is 147 Å². The van der Waals surface area contributed by atoms with E-state index in [9.17, 15) is 8.42 Å². The fourth-order valence-corrected chi connectivity index (χ4v) is 7.37. The zero-order valence-electron chi connectivity index (χ0n) is 13.4. The van der Waals surface area contributed by atoms with Gasteiger partial charge in [-0.3, -0.25) is 4.18 Å². The van der Waals surface area contributed by atoms with Crippen LogP contribution in [0.4, 0.5) is 0 Å². The van der Waals surface area contributed by atoms with Gasteiger partial charge in [0.2, 0.25) is 0 Å². The van der Waals surface area contributed by atoms with Gasteiger partial charge in [0.15, 0.2) is 0 Å². The van der Waals surface area contributed by atoms with Crippen LogP contribution in [0.5, 0.6) is 0 Å². The standard InChI is InChI=1S/C18H23BrO3S/c1-2-22-23(20,21)17-4-3-15(19)8-16(17)18-9-12-5-13(10-18)7-14(6-12)11-18/h3-4,8,12-14H,2,5-7,9-11H2,1H3. The molecule has 0 saturated heterocycles. The van der Waals surface area contributed by atoms with Gasteiger partial charge in [-0.15, -0.1) is 0 Å². The van der Waals surface area contributed by atoms with Gasteiger partial charge >= 0.3 is 0 Å². The van der Waals surface area contributed by atoms with Gasteiger partial charge in [-0.2, -0.15) is 8.42 Å². The minimum Gasteiger partial charge on any atom is -0.267 e. The third-order valence-corrected chi connectivity index (χ3v) is 8.03. The molecule has 4 saturated carbocycles. The molecule has 0 N–H and O–H groups in total. The van der Waals surface area contributed by atoms with Crippen molar-refractivity contribution in [3.63, 3.8) is 0 Å². The lowest BCUT2D eigenvalue weighted by molar-refractivity contribution is -0.00659. The van der Waals surface area contributed by atoms with Crippen LogP contribution in [0.1, 0.15) is 51.0 Å². The number of hydrogen-bond donors (Lipinski definition) is 0. The molecule has 0 heterocycles. The normalized spacial score (nSPS) is 35.7. The van der Waals surface area contributed by atoms with Crippen molar-refractivity contribution in [3.8, 4) is 0 Å². The van der Waals surface area contributed by atoms with Crippen LogP contribution in [0, 0.1) is 17.8 Å². The molecule has 0 amide bonds. The van der Waals surface area contributed by atoms with E-state index in [-0.39, 0.29) is 12.0 Å². The molecule has 0 spiro atoms. The minimum absolute atomic E-state index is 0.0397. The summed E-state index contributed by atoms with van der Waals surface area (Å²) in [7, 11) is -3.67. The summed E-state index contributed by atoms with van der Waals surface area (Å²) in [5.74, 6) is 2.34. The van der Waals surface area contributed by atoms with Crippen molar-refractivity contribution in [2.75, 3.05) is 6.61 Å². The molecule has 0 atom stereocenters. The largest absolute Gasteiger partial charge is 0.297 e. The fraction of sp³-hybridized carbons (Fsp3) is 0.667. The van der Waals surface area contributed by atoms with Gasteiger partial charge in [0, 0.05) is 4.47 Å². The van der Waals surface area contributed by atoms with Crippen molar-refractivity contribution in [3.05, 3.63) is 28.2 Å². The zero-order valence-corrected chi connectivity index (χ0v) is 15.8. The van der Waals surface area contributed by atoms with E-state index in [1.54, 1.807) is 13.0 Å². The third kappa shape index (κ3) is 2.69. The summed E-state index contributed by atoms with van der Waals surface area (Å²) in [4.78, 5) is 0.393. The summed E-state index contributed by atoms with van der Waals surface area (Å²) in [6.45, 7) is 1.90. The second-order valence-electron chi connectivity index (χ2n) is 7.70. The van der Waals surface area contributed by atoms with E-state index in [0.717, 1.165) is 47.1 Å². The Morgan fingerprint density at radius 2 is 1.70 bits per heavy atom. The second-order valence-corrected chi connectivity index (χ2v) is 10.2. The molecule has 4 aliphatic rings. The van der Waals surface area contributed by atoms with Crippen LogP contribution in [-0.2, 0) is 19.7 Å². The number of hydrogen-bond acceptors (Lipinski definition) is 3. The zero-order chi connectivity index (χ0) is 16.2. The molecule has 0 aromatic heterocycles. The van der Waals surface area contributed by atoms with Crippen molar-refractivity contribution in [1.29, 1.82) is 0 Å². The molecule has 23 heavy (non-hydrogen) atoms. The first-order valence-corrected chi connectivity index (χ1v) is 10.8.